The van der Waals surface area contributed by atoms with Crippen molar-refractivity contribution in [1.82, 2.24) is 15.1 Å². The zero-order chi connectivity index (χ0) is 22.0. The number of aryl methyl sites for hydroxylation is 2. The Labute approximate surface area is 185 Å². The fourth-order valence-electron chi connectivity index (χ4n) is 4.12. The SMILES string of the molecule is CCc1nnc(NC(=O)C2CCN(C(=O)C3CC(=O)N(c4ccc(C)cc4)C3)CC2)s1. The molecule has 31 heavy (non-hydrogen) atoms. The van der Waals surface area contributed by atoms with E-state index >= 15 is 0 Å². The molecule has 9 heteroatoms. The Morgan fingerprint density at radius 2 is 1.84 bits per heavy atom. The molecule has 1 aromatic carbocycles. The van der Waals surface area contributed by atoms with Gasteiger partial charge < -0.3 is 15.1 Å². The minimum atomic E-state index is -0.326. The first kappa shape index (κ1) is 21.4. The van der Waals surface area contributed by atoms with Crippen LogP contribution in [0.2, 0.25) is 0 Å². The van der Waals surface area contributed by atoms with Gasteiger partial charge in [0.15, 0.2) is 0 Å². The van der Waals surface area contributed by atoms with Crippen molar-refractivity contribution in [2.24, 2.45) is 11.8 Å². The summed E-state index contributed by atoms with van der Waals surface area (Å²) in [4.78, 5) is 41.5. The quantitative estimate of drug-likeness (QED) is 0.770. The maximum absolute atomic E-state index is 13.0. The molecule has 3 amide bonds. The van der Waals surface area contributed by atoms with Gasteiger partial charge in [-0.15, -0.1) is 10.2 Å². The average molecular weight is 442 g/mol. The summed E-state index contributed by atoms with van der Waals surface area (Å²) < 4.78 is 0. The van der Waals surface area contributed by atoms with Crippen molar-refractivity contribution in [2.45, 2.75) is 39.5 Å². The van der Waals surface area contributed by atoms with Crippen LogP contribution < -0.4 is 10.2 Å². The zero-order valence-electron chi connectivity index (χ0n) is 17.8. The van der Waals surface area contributed by atoms with Crippen LogP contribution in [0.1, 0.15) is 36.8 Å². The number of carbonyl (C=O) groups is 3. The summed E-state index contributed by atoms with van der Waals surface area (Å²) in [6, 6.07) is 7.79. The minimum Gasteiger partial charge on any atom is -0.342 e. The third-order valence-electron chi connectivity index (χ3n) is 6.00. The topological polar surface area (TPSA) is 95.5 Å². The number of hydrogen-bond acceptors (Lipinski definition) is 6. The van der Waals surface area contributed by atoms with E-state index in [2.05, 4.69) is 15.5 Å². The van der Waals surface area contributed by atoms with E-state index in [0.29, 0.717) is 37.6 Å². The van der Waals surface area contributed by atoms with Crippen molar-refractivity contribution in [3.63, 3.8) is 0 Å². The van der Waals surface area contributed by atoms with Crippen LogP contribution in [0.5, 0.6) is 0 Å². The Morgan fingerprint density at radius 1 is 1.13 bits per heavy atom. The van der Waals surface area contributed by atoms with Crippen LogP contribution in [0, 0.1) is 18.8 Å². The third-order valence-corrected chi connectivity index (χ3v) is 6.98. The van der Waals surface area contributed by atoms with Gasteiger partial charge in [0.25, 0.3) is 0 Å². The van der Waals surface area contributed by atoms with E-state index in [9.17, 15) is 14.4 Å². The standard InChI is InChI=1S/C22H27N5O3S/c1-3-18-24-25-22(31-18)23-20(29)15-8-10-26(11-9-15)21(30)16-12-19(28)27(13-16)17-6-4-14(2)5-7-17/h4-7,15-16H,3,8-13H2,1-2H3,(H,23,25,29). The van der Waals surface area contributed by atoms with Crippen LogP contribution in [0.15, 0.2) is 24.3 Å². The first-order chi connectivity index (χ1) is 14.9. The molecule has 2 aliphatic rings. The lowest BCUT2D eigenvalue weighted by Gasteiger charge is -2.32. The molecule has 0 aliphatic carbocycles. The van der Waals surface area contributed by atoms with E-state index in [0.717, 1.165) is 22.7 Å². The molecule has 8 nitrogen and oxygen atoms in total. The average Bonchev–Trinajstić information content (AvgIpc) is 3.40. The third kappa shape index (κ3) is 4.76. The number of rotatable bonds is 5. The zero-order valence-corrected chi connectivity index (χ0v) is 18.7. The molecule has 0 saturated carbocycles. The van der Waals surface area contributed by atoms with Gasteiger partial charge in [0.1, 0.15) is 5.01 Å². The van der Waals surface area contributed by atoms with E-state index in [1.807, 2.05) is 38.1 Å². The molecule has 1 unspecified atom stereocenters. The number of anilines is 2. The molecule has 164 valence electrons. The van der Waals surface area contributed by atoms with Gasteiger partial charge in [-0.1, -0.05) is 36.0 Å². The number of piperidine rings is 1. The monoisotopic (exact) mass is 441 g/mol. The van der Waals surface area contributed by atoms with E-state index in [1.54, 1.807) is 9.80 Å². The molecule has 1 aromatic heterocycles. The van der Waals surface area contributed by atoms with Gasteiger partial charge >= 0.3 is 0 Å². The maximum Gasteiger partial charge on any atom is 0.229 e. The Morgan fingerprint density at radius 3 is 2.48 bits per heavy atom. The summed E-state index contributed by atoms with van der Waals surface area (Å²) in [5.74, 6) is -0.536. The summed E-state index contributed by atoms with van der Waals surface area (Å²) in [7, 11) is 0. The molecule has 2 saturated heterocycles. The van der Waals surface area contributed by atoms with Crippen molar-refractivity contribution in [1.29, 1.82) is 0 Å². The van der Waals surface area contributed by atoms with E-state index in [1.165, 1.54) is 11.3 Å². The number of likely N-dealkylation sites (tertiary alicyclic amines) is 1. The maximum atomic E-state index is 13.0. The van der Waals surface area contributed by atoms with Crippen LogP contribution in [-0.4, -0.2) is 52.5 Å². The number of hydrogen-bond donors (Lipinski definition) is 1. The molecule has 0 bridgehead atoms. The first-order valence-electron chi connectivity index (χ1n) is 10.7. The smallest absolute Gasteiger partial charge is 0.229 e. The summed E-state index contributed by atoms with van der Waals surface area (Å²) in [6.07, 6.45) is 2.25. The molecule has 2 fully saturated rings. The highest BCUT2D eigenvalue weighted by Gasteiger charge is 2.38. The Hall–Kier alpha value is -2.81. The van der Waals surface area contributed by atoms with Crippen molar-refractivity contribution in [2.75, 3.05) is 29.9 Å². The van der Waals surface area contributed by atoms with Crippen molar-refractivity contribution in [3.05, 3.63) is 34.8 Å². The first-order valence-corrected chi connectivity index (χ1v) is 11.5. The van der Waals surface area contributed by atoms with Gasteiger partial charge in [-0.05, 0) is 38.3 Å². The summed E-state index contributed by atoms with van der Waals surface area (Å²) in [6.45, 7) is 5.47. The van der Waals surface area contributed by atoms with Gasteiger partial charge in [0.05, 0.1) is 5.92 Å². The predicted molar refractivity (Wildman–Crippen MR) is 119 cm³/mol. The number of amides is 3. The molecule has 0 radical (unpaired) electrons. The van der Waals surface area contributed by atoms with Crippen LogP contribution in [0.4, 0.5) is 10.8 Å². The predicted octanol–water partition coefficient (Wildman–Crippen LogP) is 2.64. The van der Waals surface area contributed by atoms with Gasteiger partial charge in [0, 0.05) is 37.7 Å². The fourth-order valence-corrected chi connectivity index (χ4v) is 4.80. The van der Waals surface area contributed by atoms with Gasteiger partial charge in [-0.25, -0.2) is 0 Å². The van der Waals surface area contributed by atoms with Gasteiger partial charge in [-0.2, -0.15) is 0 Å². The van der Waals surface area contributed by atoms with E-state index in [4.69, 9.17) is 0 Å². The van der Waals surface area contributed by atoms with Gasteiger partial charge in [-0.3, -0.25) is 14.4 Å². The minimum absolute atomic E-state index is 0.0125. The number of carbonyl (C=O) groups excluding carboxylic acids is 3. The number of benzene rings is 1. The Balaban J connectivity index is 1.29. The fraction of sp³-hybridized carbons (Fsp3) is 0.500. The van der Waals surface area contributed by atoms with Crippen LogP contribution >= 0.6 is 11.3 Å². The summed E-state index contributed by atoms with van der Waals surface area (Å²) in [5, 5.41) is 12.3. The second-order valence-corrected chi connectivity index (χ2v) is 9.25. The molecule has 0 spiro atoms. The highest BCUT2D eigenvalue weighted by Crippen LogP contribution is 2.28. The number of nitrogens with one attached hydrogen (secondary N) is 1. The second-order valence-electron chi connectivity index (χ2n) is 8.18. The molecular weight excluding hydrogens is 414 g/mol. The Kier molecular flexibility index (Phi) is 6.31. The molecule has 1 atom stereocenters. The van der Waals surface area contributed by atoms with E-state index < -0.39 is 0 Å². The lowest BCUT2D eigenvalue weighted by Crippen LogP contribution is -2.44. The molecule has 2 aliphatic heterocycles. The normalized spacial score (nSPS) is 19.7. The largest absolute Gasteiger partial charge is 0.342 e. The molecule has 1 N–H and O–H groups in total. The lowest BCUT2D eigenvalue weighted by molar-refractivity contribution is -0.138. The number of nitrogens with zero attached hydrogens (tertiary/aromatic N) is 4. The highest BCUT2D eigenvalue weighted by atomic mass is 32.1. The summed E-state index contributed by atoms with van der Waals surface area (Å²) in [5.41, 5.74) is 1.97. The van der Waals surface area contributed by atoms with Gasteiger partial charge in [0.2, 0.25) is 22.9 Å². The highest BCUT2D eigenvalue weighted by molar-refractivity contribution is 7.15. The molecule has 2 aromatic rings. The summed E-state index contributed by atoms with van der Waals surface area (Å²) >= 11 is 1.39. The van der Waals surface area contributed by atoms with Crippen molar-refractivity contribution in [3.8, 4) is 0 Å². The van der Waals surface area contributed by atoms with E-state index in [-0.39, 0.29) is 36.0 Å². The molecule has 3 heterocycles. The molecular formula is C22H27N5O3S. The van der Waals surface area contributed by atoms with Crippen LogP contribution in [0.25, 0.3) is 0 Å². The number of aromatic nitrogens is 2. The Bertz CT molecular complexity index is 966. The molecule has 4 rings (SSSR count). The van der Waals surface area contributed by atoms with Crippen molar-refractivity contribution < 1.29 is 14.4 Å². The van der Waals surface area contributed by atoms with Crippen molar-refractivity contribution >= 4 is 39.9 Å². The second kappa shape index (κ2) is 9.13. The lowest BCUT2D eigenvalue weighted by atomic mass is 9.94. The van der Waals surface area contributed by atoms with Crippen LogP contribution in [-0.2, 0) is 20.8 Å². The van der Waals surface area contributed by atoms with Crippen LogP contribution in [0.3, 0.4) is 0 Å².